The predicted octanol–water partition coefficient (Wildman–Crippen LogP) is 4.15. The number of nitrogens with zero attached hydrogens (tertiary/aromatic N) is 3. The number of benzene rings is 2. The highest BCUT2D eigenvalue weighted by molar-refractivity contribution is 7.89. The highest BCUT2D eigenvalue weighted by atomic mass is 35.5. The first-order valence-corrected chi connectivity index (χ1v) is 9.98. The standard InChI is InChI=1S/C18H13Cl2N3O2S/c19-16-6-3-13(7-17(16)20)12-1-4-15(5-2-12)26(24,25)23-9-14-8-21-11-22-18(14)10-23/h1-8,11H,9-10H2. The lowest BCUT2D eigenvalue weighted by atomic mass is 10.1. The van der Waals surface area contributed by atoms with Gasteiger partial charge < -0.3 is 0 Å². The molecule has 26 heavy (non-hydrogen) atoms. The summed E-state index contributed by atoms with van der Waals surface area (Å²) in [7, 11) is -3.60. The Labute approximate surface area is 161 Å². The largest absolute Gasteiger partial charge is 0.244 e. The third-order valence-electron chi connectivity index (χ3n) is 4.30. The molecular weight excluding hydrogens is 393 g/mol. The van der Waals surface area contributed by atoms with Crippen molar-refractivity contribution < 1.29 is 8.42 Å². The van der Waals surface area contributed by atoms with Crippen molar-refractivity contribution in [2.45, 2.75) is 18.0 Å². The highest BCUT2D eigenvalue weighted by Gasteiger charge is 2.31. The molecule has 1 aliphatic heterocycles. The molecular formula is C18H13Cl2N3O2S. The van der Waals surface area contributed by atoms with E-state index in [1.54, 1.807) is 42.6 Å². The molecule has 0 spiro atoms. The number of hydrogen-bond donors (Lipinski definition) is 0. The van der Waals surface area contributed by atoms with Crippen molar-refractivity contribution in [2.24, 2.45) is 0 Å². The fourth-order valence-corrected chi connectivity index (χ4v) is 4.56. The van der Waals surface area contributed by atoms with Crippen LogP contribution in [0.3, 0.4) is 0 Å². The third-order valence-corrected chi connectivity index (χ3v) is 6.84. The van der Waals surface area contributed by atoms with Crippen molar-refractivity contribution in [1.82, 2.24) is 14.3 Å². The van der Waals surface area contributed by atoms with E-state index in [0.717, 1.165) is 22.4 Å². The number of hydrogen-bond acceptors (Lipinski definition) is 4. The molecule has 8 heteroatoms. The molecule has 1 aromatic heterocycles. The maximum Gasteiger partial charge on any atom is 0.243 e. The molecule has 0 radical (unpaired) electrons. The molecule has 5 nitrogen and oxygen atoms in total. The lowest BCUT2D eigenvalue weighted by Crippen LogP contribution is -2.25. The summed E-state index contributed by atoms with van der Waals surface area (Å²) in [5.41, 5.74) is 3.31. The lowest BCUT2D eigenvalue weighted by Gasteiger charge is -2.15. The number of halogens is 2. The van der Waals surface area contributed by atoms with Crippen molar-refractivity contribution >= 4 is 33.2 Å². The average molecular weight is 406 g/mol. The Kier molecular flexibility index (Phi) is 4.44. The Balaban J connectivity index is 1.61. The highest BCUT2D eigenvalue weighted by Crippen LogP contribution is 2.31. The van der Waals surface area contributed by atoms with Gasteiger partial charge in [0.2, 0.25) is 10.0 Å². The average Bonchev–Trinajstić information content (AvgIpc) is 3.09. The Morgan fingerprint density at radius 3 is 2.35 bits per heavy atom. The van der Waals surface area contributed by atoms with Gasteiger partial charge in [0.1, 0.15) is 6.33 Å². The summed E-state index contributed by atoms with van der Waals surface area (Å²) >= 11 is 12.0. The van der Waals surface area contributed by atoms with E-state index in [2.05, 4.69) is 9.97 Å². The van der Waals surface area contributed by atoms with E-state index >= 15 is 0 Å². The van der Waals surface area contributed by atoms with Crippen LogP contribution in [0, 0.1) is 0 Å². The number of fused-ring (bicyclic) bond motifs is 1. The second-order valence-corrected chi connectivity index (χ2v) is 8.67. The molecule has 0 aliphatic carbocycles. The van der Waals surface area contributed by atoms with E-state index < -0.39 is 10.0 Å². The van der Waals surface area contributed by atoms with Gasteiger partial charge in [0, 0.05) is 18.3 Å². The summed E-state index contributed by atoms with van der Waals surface area (Å²) in [4.78, 5) is 8.33. The fourth-order valence-electron chi connectivity index (χ4n) is 2.89. The van der Waals surface area contributed by atoms with Crippen LogP contribution in [0.15, 0.2) is 59.9 Å². The van der Waals surface area contributed by atoms with Gasteiger partial charge in [-0.25, -0.2) is 18.4 Å². The molecule has 2 aromatic carbocycles. The smallest absolute Gasteiger partial charge is 0.243 e. The molecule has 0 saturated heterocycles. The molecule has 2 heterocycles. The van der Waals surface area contributed by atoms with Gasteiger partial charge in [0.05, 0.1) is 27.2 Å². The molecule has 0 bridgehead atoms. The summed E-state index contributed by atoms with van der Waals surface area (Å²) in [6.45, 7) is 0.543. The Hall–Kier alpha value is -1.99. The quantitative estimate of drug-likeness (QED) is 0.656. The van der Waals surface area contributed by atoms with E-state index in [-0.39, 0.29) is 18.0 Å². The van der Waals surface area contributed by atoms with Gasteiger partial charge in [-0.05, 0) is 35.4 Å². The van der Waals surface area contributed by atoms with Crippen LogP contribution in [0.2, 0.25) is 10.0 Å². The second-order valence-electron chi connectivity index (χ2n) is 5.92. The Morgan fingerprint density at radius 1 is 0.923 bits per heavy atom. The summed E-state index contributed by atoms with van der Waals surface area (Å²) in [5, 5.41) is 0.933. The molecule has 0 N–H and O–H groups in total. The van der Waals surface area contributed by atoms with Crippen molar-refractivity contribution in [2.75, 3.05) is 0 Å². The lowest BCUT2D eigenvalue weighted by molar-refractivity contribution is 0.429. The molecule has 0 saturated carbocycles. The van der Waals surface area contributed by atoms with Crippen LogP contribution in [0.1, 0.15) is 11.3 Å². The van der Waals surface area contributed by atoms with Gasteiger partial charge in [-0.15, -0.1) is 0 Å². The topological polar surface area (TPSA) is 63.2 Å². The van der Waals surface area contributed by atoms with Crippen molar-refractivity contribution in [3.63, 3.8) is 0 Å². The molecule has 4 rings (SSSR count). The zero-order chi connectivity index (χ0) is 18.3. The van der Waals surface area contributed by atoms with Crippen molar-refractivity contribution in [3.8, 4) is 11.1 Å². The molecule has 132 valence electrons. The van der Waals surface area contributed by atoms with E-state index in [9.17, 15) is 8.42 Å². The van der Waals surface area contributed by atoms with Gasteiger partial charge in [0.15, 0.2) is 0 Å². The van der Waals surface area contributed by atoms with Gasteiger partial charge in [-0.3, -0.25) is 0 Å². The number of aromatic nitrogens is 2. The third kappa shape index (κ3) is 3.10. The van der Waals surface area contributed by atoms with Crippen LogP contribution in [-0.2, 0) is 23.1 Å². The maximum atomic E-state index is 12.9. The normalized spacial score (nSPS) is 14.4. The van der Waals surface area contributed by atoms with E-state index in [4.69, 9.17) is 23.2 Å². The zero-order valence-corrected chi connectivity index (χ0v) is 15.8. The van der Waals surface area contributed by atoms with Crippen LogP contribution in [0.5, 0.6) is 0 Å². The monoisotopic (exact) mass is 405 g/mol. The molecule has 0 atom stereocenters. The first kappa shape index (κ1) is 17.4. The zero-order valence-electron chi connectivity index (χ0n) is 13.4. The molecule has 0 fully saturated rings. The first-order chi connectivity index (χ1) is 12.4. The maximum absolute atomic E-state index is 12.9. The van der Waals surface area contributed by atoms with Crippen molar-refractivity contribution in [1.29, 1.82) is 0 Å². The predicted molar refractivity (Wildman–Crippen MR) is 100 cm³/mol. The van der Waals surface area contributed by atoms with Gasteiger partial charge in [-0.1, -0.05) is 41.4 Å². The van der Waals surface area contributed by atoms with Crippen LogP contribution in [0.25, 0.3) is 11.1 Å². The van der Waals surface area contributed by atoms with Crippen LogP contribution >= 0.6 is 23.2 Å². The van der Waals surface area contributed by atoms with Crippen molar-refractivity contribution in [3.05, 3.63) is 76.3 Å². The Bertz CT molecular complexity index is 1060. The van der Waals surface area contributed by atoms with Gasteiger partial charge >= 0.3 is 0 Å². The second kappa shape index (κ2) is 6.63. The van der Waals surface area contributed by atoms with E-state index in [0.29, 0.717) is 10.0 Å². The SMILES string of the molecule is O=S(=O)(c1ccc(-c2ccc(Cl)c(Cl)c2)cc1)N1Cc2cncnc2C1. The Morgan fingerprint density at radius 2 is 1.65 bits per heavy atom. The van der Waals surface area contributed by atoms with Crippen LogP contribution in [0.4, 0.5) is 0 Å². The number of sulfonamides is 1. The van der Waals surface area contributed by atoms with E-state index in [1.165, 1.54) is 10.6 Å². The minimum Gasteiger partial charge on any atom is -0.244 e. The molecule has 1 aliphatic rings. The van der Waals surface area contributed by atoms with Crippen LogP contribution < -0.4 is 0 Å². The van der Waals surface area contributed by atoms with Gasteiger partial charge in [0.25, 0.3) is 0 Å². The number of rotatable bonds is 3. The summed E-state index contributed by atoms with van der Waals surface area (Å²) < 4.78 is 27.2. The first-order valence-electron chi connectivity index (χ1n) is 7.78. The molecule has 3 aromatic rings. The molecule has 0 unspecified atom stereocenters. The minimum atomic E-state index is -3.60. The summed E-state index contributed by atoms with van der Waals surface area (Å²) in [5.74, 6) is 0. The minimum absolute atomic E-state index is 0.238. The summed E-state index contributed by atoms with van der Waals surface area (Å²) in [6.07, 6.45) is 3.09. The summed E-state index contributed by atoms with van der Waals surface area (Å²) in [6, 6.07) is 12.0. The van der Waals surface area contributed by atoms with Crippen LogP contribution in [-0.4, -0.2) is 22.7 Å². The van der Waals surface area contributed by atoms with Gasteiger partial charge in [-0.2, -0.15) is 4.31 Å². The molecule has 0 amide bonds. The fraction of sp³-hybridized carbons (Fsp3) is 0.111. The van der Waals surface area contributed by atoms with E-state index in [1.807, 2.05) is 6.07 Å².